The van der Waals surface area contributed by atoms with Crippen LogP contribution in [0.3, 0.4) is 0 Å². The third-order valence-electron chi connectivity index (χ3n) is 2.81. The number of aromatic carboxylic acids is 1. The predicted molar refractivity (Wildman–Crippen MR) is 79.2 cm³/mol. The molecule has 0 heterocycles. The topological polar surface area (TPSA) is 128 Å². The van der Waals surface area contributed by atoms with Crippen LogP contribution >= 0.6 is 0 Å². The largest absolute Gasteiger partial charge is 0.507 e. The van der Waals surface area contributed by atoms with Crippen LogP contribution in [0.1, 0.15) is 20.7 Å². The Bertz CT molecular complexity index is 784. The highest BCUT2D eigenvalue weighted by atomic mass is 16.4. The Balaban J connectivity index is 2.17. The molecule has 0 atom stereocenters. The van der Waals surface area contributed by atoms with Crippen molar-refractivity contribution >= 4 is 29.7 Å². The molecule has 2 amide bonds. The van der Waals surface area contributed by atoms with E-state index >= 15 is 0 Å². The van der Waals surface area contributed by atoms with Crippen molar-refractivity contribution in [2.24, 2.45) is 10.2 Å². The zero-order valence-electron chi connectivity index (χ0n) is 11.6. The molecule has 8 heteroatoms. The summed E-state index contributed by atoms with van der Waals surface area (Å²) >= 11 is 0. The lowest BCUT2D eigenvalue weighted by molar-refractivity contribution is -0.108. The Hall–Kier alpha value is -3.55. The summed E-state index contributed by atoms with van der Waals surface area (Å²) in [4.78, 5) is 32.5. The second-order valence-corrected chi connectivity index (χ2v) is 4.34. The van der Waals surface area contributed by atoms with Gasteiger partial charge in [0.05, 0.1) is 11.4 Å². The van der Waals surface area contributed by atoms with Gasteiger partial charge in [0.2, 0.25) is 6.41 Å². The van der Waals surface area contributed by atoms with Crippen molar-refractivity contribution < 1.29 is 24.6 Å². The number of nitrogens with one attached hydrogen (secondary N) is 1. The first kappa shape index (κ1) is 15.8. The average Bonchev–Trinajstić information content (AvgIpc) is 2.54. The predicted octanol–water partition coefficient (Wildman–Crippen LogP) is 2.39. The van der Waals surface area contributed by atoms with Gasteiger partial charge in [-0.2, -0.15) is 10.2 Å². The number of aromatic hydroxyl groups is 1. The van der Waals surface area contributed by atoms with Crippen LogP contribution in [-0.2, 0) is 4.79 Å². The van der Waals surface area contributed by atoms with E-state index in [1.165, 1.54) is 42.5 Å². The van der Waals surface area contributed by atoms with E-state index in [1.54, 1.807) is 0 Å². The molecule has 0 aliphatic carbocycles. The van der Waals surface area contributed by atoms with Crippen molar-refractivity contribution in [3.8, 4) is 5.75 Å². The van der Waals surface area contributed by atoms with Crippen molar-refractivity contribution in [3.05, 3.63) is 53.6 Å². The molecule has 0 aromatic heterocycles. The zero-order valence-corrected chi connectivity index (χ0v) is 11.6. The van der Waals surface area contributed by atoms with Gasteiger partial charge in [-0.15, -0.1) is 0 Å². The van der Waals surface area contributed by atoms with Crippen molar-refractivity contribution in [1.82, 2.24) is 5.32 Å². The van der Waals surface area contributed by atoms with E-state index in [4.69, 9.17) is 5.11 Å². The summed E-state index contributed by atoms with van der Waals surface area (Å²) < 4.78 is 0. The molecule has 0 spiro atoms. The molecule has 3 N–H and O–H groups in total. The Morgan fingerprint density at radius 1 is 1.00 bits per heavy atom. The van der Waals surface area contributed by atoms with Crippen molar-refractivity contribution in [3.63, 3.8) is 0 Å². The zero-order chi connectivity index (χ0) is 16.8. The Morgan fingerprint density at radius 3 is 2.22 bits per heavy atom. The van der Waals surface area contributed by atoms with Gasteiger partial charge in [0.1, 0.15) is 11.3 Å². The molecule has 0 aliphatic rings. The molecule has 0 aliphatic heterocycles. The first-order valence-electron chi connectivity index (χ1n) is 6.34. The van der Waals surface area contributed by atoms with Gasteiger partial charge >= 0.3 is 5.97 Å². The lowest BCUT2D eigenvalue weighted by atomic mass is 10.2. The molecule has 8 nitrogen and oxygen atoms in total. The number of imide groups is 1. The van der Waals surface area contributed by atoms with Crippen LogP contribution in [0.4, 0.5) is 11.4 Å². The fourth-order valence-corrected chi connectivity index (χ4v) is 1.69. The van der Waals surface area contributed by atoms with E-state index in [0.717, 1.165) is 0 Å². The number of hydrogen-bond donors (Lipinski definition) is 3. The maximum absolute atomic E-state index is 11.4. The number of hydrogen-bond acceptors (Lipinski definition) is 6. The summed E-state index contributed by atoms with van der Waals surface area (Å²) in [5, 5.41) is 28.1. The fourth-order valence-electron chi connectivity index (χ4n) is 1.69. The SMILES string of the molecule is O=CNC(=O)c1ccc(N=Nc2ccc(O)c(C(=O)O)c2)cc1. The van der Waals surface area contributed by atoms with E-state index in [-0.39, 0.29) is 22.6 Å². The second kappa shape index (κ2) is 6.94. The van der Waals surface area contributed by atoms with Crippen LogP contribution in [0.25, 0.3) is 0 Å². The summed E-state index contributed by atoms with van der Waals surface area (Å²) in [7, 11) is 0. The number of amides is 2. The molecule has 0 bridgehead atoms. The van der Waals surface area contributed by atoms with Crippen molar-refractivity contribution in [1.29, 1.82) is 0 Å². The standard InChI is InChI=1S/C15H11N3O5/c19-8-16-14(21)9-1-3-10(4-2-9)17-18-11-5-6-13(20)12(7-11)15(22)23/h1-8,20H,(H,22,23)(H,16,19,21). The highest BCUT2D eigenvalue weighted by Crippen LogP contribution is 2.25. The number of rotatable bonds is 5. The lowest BCUT2D eigenvalue weighted by Crippen LogP contribution is -2.20. The Kier molecular flexibility index (Phi) is 4.78. The van der Waals surface area contributed by atoms with Crippen molar-refractivity contribution in [2.45, 2.75) is 0 Å². The van der Waals surface area contributed by atoms with Crippen LogP contribution < -0.4 is 5.32 Å². The number of benzene rings is 2. The van der Waals surface area contributed by atoms with E-state index < -0.39 is 11.9 Å². The Labute approximate surface area is 130 Å². The summed E-state index contributed by atoms with van der Waals surface area (Å²) in [5.74, 6) is -2.17. The number of azo groups is 1. The van der Waals surface area contributed by atoms with Gasteiger partial charge in [-0.25, -0.2) is 4.79 Å². The molecule has 2 aromatic rings. The molecule has 0 saturated heterocycles. The number of carbonyl (C=O) groups excluding carboxylic acids is 2. The third kappa shape index (κ3) is 3.97. The number of nitrogens with zero attached hydrogens (tertiary/aromatic N) is 2. The first-order chi connectivity index (χ1) is 11.0. The molecule has 0 fully saturated rings. The quantitative estimate of drug-likeness (QED) is 0.576. The molecular formula is C15H11N3O5. The molecular weight excluding hydrogens is 302 g/mol. The summed E-state index contributed by atoms with van der Waals surface area (Å²) in [5.41, 5.74) is 0.691. The van der Waals surface area contributed by atoms with Crippen molar-refractivity contribution in [2.75, 3.05) is 0 Å². The van der Waals surface area contributed by atoms with Crippen LogP contribution in [0.2, 0.25) is 0 Å². The molecule has 0 saturated carbocycles. The highest BCUT2D eigenvalue weighted by molar-refractivity contribution is 5.99. The van der Waals surface area contributed by atoms with Gasteiger partial charge in [0, 0.05) is 5.56 Å². The number of phenols is 1. The van der Waals surface area contributed by atoms with Crippen LogP contribution in [-0.4, -0.2) is 28.5 Å². The molecule has 2 rings (SSSR count). The molecule has 116 valence electrons. The lowest BCUT2D eigenvalue weighted by Gasteiger charge is -2.00. The van der Waals surface area contributed by atoms with Gasteiger partial charge < -0.3 is 10.2 Å². The van der Waals surface area contributed by atoms with Crippen LogP contribution in [0.5, 0.6) is 5.75 Å². The minimum atomic E-state index is -1.27. The summed E-state index contributed by atoms with van der Waals surface area (Å²) in [6.45, 7) is 0. The minimum absolute atomic E-state index is 0.253. The molecule has 0 radical (unpaired) electrons. The second-order valence-electron chi connectivity index (χ2n) is 4.34. The number of carboxylic acid groups (broad SMARTS) is 1. The Morgan fingerprint density at radius 2 is 1.61 bits per heavy atom. The molecule has 2 aromatic carbocycles. The van der Waals surface area contributed by atoms with E-state index in [1.807, 2.05) is 5.32 Å². The highest BCUT2D eigenvalue weighted by Gasteiger charge is 2.10. The maximum atomic E-state index is 11.4. The van der Waals surface area contributed by atoms with Gasteiger partial charge in [0.25, 0.3) is 5.91 Å². The molecule has 23 heavy (non-hydrogen) atoms. The third-order valence-corrected chi connectivity index (χ3v) is 2.81. The van der Waals surface area contributed by atoms with Gasteiger partial charge in [0.15, 0.2) is 0 Å². The maximum Gasteiger partial charge on any atom is 0.339 e. The average molecular weight is 313 g/mol. The van der Waals surface area contributed by atoms with Gasteiger partial charge in [-0.1, -0.05) is 0 Å². The van der Waals surface area contributed by atoms with Crippen LogP contribution in [0, 0.1) is 0 Å². The summed E-state index contributed by atoms with van der Waals surface area (Å²) in [6.07, 6.45) is 0.292. The minimum Gasteiger partial charge on any atom is -0.507 e. The van der Waals surface area contributed by atoms with E-state index in [0.29, 0.717) is 12.1 Å². The fraction of sp³-hybridized carbons (Fsp3) is 0. The van der Waals surface area contributed by atoms with E-state index in [9.17, 15) is 19.5 Å². The molecule has 0 unspecified atom stereocenters. The smallest absolute Gasteiger partial charge is 0.339 e. The number of carboxylic acids is 1. The first-order valence-corrected chi connectivity index (χ1v) is 6.34. The van der Waals surface area contributed by atoms with Gasteiger partial charge in [-0.3, -0.25) is 14.9 Å². The number of carbonyl (C=O) groups is 3. The normalized spacial score (nSPS) is 10.4. The van der Waals surface area contributed by atoms with Crippen LogP contribution in [0.15, 0.2) is 52.7 Å². The van der Waals surface area contributed by atoms with E-state index in [2.05, 4.69) is 10.2 Å². The monoisotopic (exact) mass is 313 g/mol. The summed E-state index contributed by atoms with van der Waals surface area (Å²) in [6, 6.07) is 9.78. The van der Waals surface area contributed by atoms with Gasteiger partial charge in [-0.05, 0) is 42.5 Å².